The molecule has 0 saturated heterocycles. The molecule has 34 heavy (non-hydrogen) atoms. The Balaban J connectivity index is 1.54. The van der Waals surface area contributed by atoms with Gasteiger partial charge in [-0.3, -0.25) is 0 Å². The van der Waals surface area contributed by atoms with Crippen LogP contribution in [-0.4, -0.2) is 27.8 Å². The number of aromatic nitrogens is 3. The number of hydrogen-bond acceptors (Lipinski definition) is 8. The fraction of sp³-hybridized carbons (Fsp3) is 0.308. The van der Waals surface area contributed by atoms with E-state index in [1.165, 1.54) is 5.56 Å². The molecule has 7 nitrogen and oxygen atoms in total. The van der Waals surface area contributed by atoms with E-state index in [2.05, 4.69) is 54.6 Å². The Hall–Kier alpha value is -3.52. The van der Waals surface area contributed by atoms with Crippen molar-refractivity contribution < 1.29 is 9.53 Å². The van der Waals surface area contributed by atoms with E-state index in [0.29, 0.717) is 36.5 Å². The summed E-state index contributed by atoms with van der Waals surface area (Å²) >= 11 is 1.62. The minimum atomic E-state index is 0.372. The van der Waals surface area contributed by atoms with E-state index in [0.717, 1.165) is 45.9 Å². The van der Waals surface area contributed by atoms with Gasteiger partial charge >= 0.3 is 0 Å². The molecule has 0 aliphatic carbocycles. The number of fused-ring (bicyclic) bond motifs is 1. The summed E-state index contributed by atoms with van der Waals surface area (Å²) in [4.78, 5) is 24.6. The number of nitrogens with one attached hydrogen (secondary N) is 2. The van der Waals surface area contributed by atoms with E-state index in [9.17, 15) is 4.79 Å². The van der Waals surface area contributed by atoms with Crippen molar-refractivity contribution in [2.75, 3.05) is 17.2 Å². The minimum Gasteiger partial charge on any atom is -0.493 e. The van der Waals surface area contributed by atoms with Gasteiger partial charge in [0.1, 0.15) is 17.9 Å². The molecule has 0 fully saturated rings. The number of aldehydes is 1. The second-order valence-corrected chi connectivity index (χ2v) is 9.45. The summed E-state index contributed by atoms with van der Waals surface area (Å²) in [6.07, 6.45) is 3.07. The summed E-state index contributed by atoms with van der Waals surface area (Å²) in [6.45, 7) is 6.87. The highest BCUT2D eigenvalue weighted by atomic mass is 32.1. The van der Waals surface area contributed by atoms with E-state index < -0.39 is 0 Å². The van der Waals surface area contributed by atoms with Gasteiger partial charge in [-0.15, -0.1) is 0 Å². The van der Waals surface area contributed by atoms with Crippen LogP contribution in [0.5, 0.6) is 5.75 Å². The van der Waals surface area contributed by atoms with E-state index in [4.69, 9.17) is 14.7 Å². The Labute approximate surface area is 203 Å². The van der Waals surface area contributed by atoms with E-state index in [1.807, 2.05) is 30.3 Å². The SMILES string of the molecule is CCc1ccc2nc(Nc3cc(CC(C)C)nc(Nc4ccc(OCCC=O)cc4)n3)sc2c1. The molecule has 0 spiro atoms. The third-order valence-electron chi connectivity index (χ3n) is 5.11. The molecular weight excluding hydrogens is 446 g/mol. The molecule has 0 atom stereocenters. The van der Waals surface area contributed by atoms with Crippen LogP contribution in [0.3, 0.4) is 0 Å². The first-order valence-electron chi connectivity index (χ1n) is 11.5. The van der Waals surface area contributed by atoms with Gasteiger partial charge < -0.3 is 20.2 Å². The maximum absolute atomic E-state index is 10.4. The lowest BCUT2D eigenvalue weighted by Crippen LogP contribution is -2.06. The lowest BCUT2D eigenvalue weighted by Gasteiger charge is -2.12. The van der Waals surface area contributed by atoms with Crippen molar-refractivity contribution in [3.63, 3.8) is 0 Å². The minimum absolute atomic E-state index is 0.372. The fourth-order valence-corrected chi connectivity index (χ4v) is 4.42. The van der Waals surface area contributed by atoms with Crippen molar-refractivity contribution in [2.24, 2.45) is 5.92 Å². The van der Waals surface area contributed by atoms with Gasteiger partial charge in [-0.25, -0.2) is 9.97 Å². The Morgan fingerprint density at radius 1 is 1.03 bits per heavy atom. The van der Waals surface area contributed by atoms with Crippen molar-refractivity contribution in [1.29, 1.82) is 0 Å². The normalized spacial score (nSPS) is 11.1. The maximum Gasteiger partial charge on any atom is 0.229 e. The zero-order valence-electron chi connectivity index (χ0n) is 19.7. The molecule has 0 unspecified atom stereocenters. The van der Waals surface area contributed by atoms with Crippen LogP contribution >= 0.6 is 11.3 Å². The molecular formula is C26H29N5O2S. The second-order valence-electron chi connectivity index (χ2n) is 8.42. The number of aryl methyl sites for hydroxylation is 1. The highest BCUT2D eigenvalue weighted by molar-refractivity contribution is 7.22. The molecule has 2 heterocycles. The fourth-order valence-electron chi connectivity index (χ4n) is 3.48. The van der Waals surface area contributed by atoms with Crippen LogP contribution in [0.25, 0.3) is 10.2 Å². The summed E-state index contributed by atoms with van der Waals surface area (Å²) in [5, 5.41) is 7.47. The van der Waals surface area contributed by atoms with Gasteiger partial charge in [-0.05, 0) is 60.7 Å². The number of anilines is 4. The molecule has 0 saturated carbocycles. The average molecular weight is 476 g/mol. The molecule has 2 aromatic heterocycles. The van der Waals surface area contributed by atoms with Gasteiger partial charge in [0, 0.05) is 23.9 Å². The van der Waals surface area contributed by atoms with Crippen molar-refractivity contribution in [3.05, 3.63) is 59.8 Å². The van der Waals surface area contributed by atoms with Crippen molar-refractivity contribution in [2.45, 2.75) is 40.0 Å². The Kier molecular flexibility index (Phi) is 7.69. The third-order valence-corrected chi connectivity index (χ3v) is 6.04. The third kappa shape index (κ3) is 6.29. The molecule has 2 aromatic carbocycles. The van der Waals surface area contributed by atoms with E-state index in [1.54, 1.807) is 11.3 Å². The highest BCUT2D eigenvalue weighted by Gasteiger charge is 2.11. The molecule has 0 radical (unpaired) electrons. The standard InChI is InChI=1S/C26H29N5O2S/c1-4-18-6-11-22-23(15-18)34-26(29-22)31-24-16-20(14-17(2)3)28-25(30-24)27-19-7-9-21(10-8-19)33-13-5-12-32/h6-12,15-17H,4-5,13-14H2,1-3H3,(H2,27,28,29,30,31). The van der Waals surface area contributed by atoms with Crippen LogP contribution < -0.4 is 15.4 Å². The predicted molar refractivity (Wildman–Crippen MR) is 139 cm³/mol. The van der Waals surface area contributed by atoms with Crippen LogP contribution in [0, 0.1) is 5.92 Å². The summed E-state index contributed by atoms with van der Waals surface area (Å²) in [5.74, 6) is 2.40. The van der Waals surface area contributed by atoms with E-state index in [-0.39, 0.29) is 0 Å². The molecule has 2 N–H and O–H groups in total. The molecule has 0 aliphatic heterocycles. The number of rotatable bonds is 11. The highest BCUT2D eigenvalue weighted by Crippen LogP contribution is 2.29. The average Bonchev–Trinajstić information content (AvgIpc) is 3.21. The number of nitrogens with zero attached hydrogens (tertiary/aromatic N) is 3. The van der Waals surface area contributed by atoms with E-state index >= 15 is 0 Å². The summed E-state index contributed by atoms with van der Waals surface area (Å²) < 4.78 is 6.69. The van der Waals surface area contributed by atoms with Gasteiger partial charge in [0.15, 0.2) is 5.13 Å². The predicted octanol–water partition coefficient (Wildman–Crippen LogP) is 6.30. The lowest BCUT2D eigenvalue weighted by molar-refractivity contribution is -0.108. The van der Waals surface area contributed by atoms with Gasteiger partial charge in [0.25, 0.3) is 0 Å². The number of hydrogen-bond donors (Lipinski definition) is 2. The first-order valence-corrected chi connectivity index (χ1v) is 12.3. The quantitative estimate of drug-likeness (QED) is 0.194. The molecule has 4 aromatic rings. The molecule has 8 heteroatoms. The lowest BCUT2D eigenvalue weighted by atomic mass is 10.1. The molecule has 176 valence electrons. The number of ether oxygens (including phenoxy) is 1. The van der Waals surface area contributed by atoms with Crippen molar-refractivity contribution in [1.82, 2.24) is 15.0 Å². The van der Waals surface area contributed by atoms with Gasteiger partial charge in [0.2, 0.25) is 5.95 Å². The van der Waals surface area contributed by atoms with Gasteiger partial charge in [0.05, 0.1) is 16.8 Å². The largest absolute Gasteiger partial charge is 0.493 e. The second kappa shape index (κ2) is 11.1. The zero-order chi connectivity index (χ0) is 23.9. The molecule has 4 rings (SSSR count). The maximum atomic E-state index is 10.4. The van der Waals surface area contributed by atoms with Gasteiger partial charge in [-0.2, -0.15) is 4.98 Å². The number of thiazole rings is 1. The topological polar surface area (TPSA) is 89.0 Å². The summed E-state index contributed by atoms with van der Waals surface area (Å²) in [6, 6.07) is 15.9. The molecule has 0 aliphatic rings. The first kappa shape index (κ1) is 23.6. The Bertz CT molecular complexity index is 1250. The number of benzene rings is 2. The summed E-state index contributed by atoms with van der Waals surface area (Å²) in [7, 11) is 0. The summed E-state index contributed by atoms with van der Waals surface area (Å²) in [5.41, 5.74) is 4.09. The number of carbonyl (C=O) groups is 1. The van der Waals surface area contributed by atoms with Crippen LogP contribution in [-0.2, 0) is 17.6 Å². The van der Waals surface area contributed by atoms with Crippen molar-refractivity contribution >= 4 is 50.4 Å². The monoisotopic (exact) mass is 475 g/mol. The van der Waals surface area contributed by atoms with Crippen LogP contribution in [0.1, 0.15) is 38.4 Å². The van der Waals surface area contributed by atoms with Crippen LogP contribution in [0.2, 0.25) is 0 Å². The molecule has 0 bridgehead atoms. The van der Waals surface area contributed by atoms with Crippen LogP contribution in [0.4, 0.5) is 22.6 Å². The number of carbonyl (C=O) groups excluding carboxylic acids is 1. The van der Waals surface area contributed by atoms with Crippen LogP contribution in [0.15, 0.2) is 48.5 Å². The van der Waals surface area contributed by atoms with Crippen molar-refractivity contribution in [3.8, 4) is 5.75 Å². The van der Waals surface area contributed by atoms with Gasteiger partial charge in [-0.1, -0.05) is 38.2 Å². The smallest absolute Gasteiger partial charge is 0.229 e. The first-order chi connectivity index (χ1) is 16.5. The Morgan fingerprint density at radius 2 is 1.85 bits per heavy atom. The molecule has 0 amide bonds. The zero-order valence-corrected chi connectivity index (χ0v) is 20.5. The Morgan fingerprint density at radius 3 is 2.59 bits per heavy atom.